The molecule has 0 unspecified atom stereocenters. The lowest BCUT2D eigenvalue weighted by Crippen LogP contribution is -2.16. The molecule has 0 saturated carbocycles. The summed E-state index contributed by atoms with van der Waals surface area (Å²) < 4.78 is 18.2. The SMILES string of the molecule is CCOCCCNCc1cc(Br)c(OCc2ccc(C)cc2)c(OCC)c1.Cl. The van der Waals surface area contributed by atoms with Crippen LogP contribution in [0.1, 0.15) is 37.0 Å². The smallest absolute Gasteiger partial charge is 0.175 e. The van der Waals surface area contributed by atoms with Crippen molar-refractivity contribution in [1.29, 1.82) is 0 Å². The standard InChI is InChI=1S/C22H30BrNO3.ClH/c1-4-25-12-6-11-24-15-19-13-20(23)22(21(14-19)26-5-2)27-16-18-9-7-17(3)8-10-18;/h7-10,13-14,24H,4-6,11-12,15-16H2,1-3H3;1H. The first kappa shape index (κ1) is 24.8. The van der Waals surface area contributed by atoms with E-state index in [4.69, 9.17) is 14.2 Å². The molecule has 4 nitrogen and oxygen atoms in total. The molecule has 0 atom stereocenters. The van der Waals surface area contributed by atoms with Gasteiger partial charge in [0.1, 0.15) is 6.61 Å². The molecule has 0 heterocycles. The maximum absolute atomic E-state index is 6.06. The van der Waals surface area contributed by atoms with E-state index < -0.39 is 0 Å². The van der Waals surface area contributed by atoms with Crippen molar-refractivity contribution in [3.63, 3.8) is 0 Å². The molecule has 2 aromatic carbocycles. The summed E-state index contributed by atoms with van der Waals surface area (Å²) in [5, 5.41) is 3.44. The van der Waals surface area contributed by atoms with Gasteiger partial charge < -0.3 is 19.5 Å². The fourth-order valence-electron chi connectivity index (χ4n) is 2.64. The Bertz CT molecular complexity index is 695. The highest BCUT2D eigenvalue weighted by Gasteiger charge is 2.12. The highest BCUT2D eigenvalue weighted by molar-refractivity contribution is 9.10. The van der Waals surface area contributed by atoms with Gasteiger partial charge in [-0.05, 0) is 72.9 Å². The molecule has 28 heavy (non-hydrogen) atoms. The first-order chi connectivity index (χ1) is 13.1. The molecular weight excluding hydrogens is 442 g/mol. The van der Waals surface area contributed by atoms with Crippen molar-refractivity contribution >= 4 is 28.3 Å². The molecule has 1 N–H and O–H groups in total. The number of ether oxygens (including phenoxy) is 3. The van der Waals surface area contributed by atoms with Gasteiger partial charge in [0.2, 0.25) is 0 Å². The summed E-state index contributed by atoms with van der Waals surface area (Å²) >= 11 is 3.64. The van der Waals surface area contributed by atoms with Crippen LogP contribution in [0.4, 0.5) is 0 Å². The lowest BCUT2D eigenvalue weighted by atomic mass is 10.1. The van der Waals surface area contributed by atoms with Crippen LogP contribution in [0.3, 0.4) is 0 Å². The van der Waals surface area contributed by atoms with Gasteiger partial charge in [0.25, 0.3) is 0 Å². The van der Waals surface area contributed by atoms with Crippen molar-refractivity contribution in [2.45, 2.75) is 40.3 Å². The third-order valence-corrected chi connectivity index (χ3v) is 4.64. The predicted octanol–water partition coefficient (Wildman–Crippen LogP) is 5.67. The Morgan fingerprint density at radius 2 is 1.71 bits per heavy atom. The van der Waals surface area contributed by atoms with Crippen LogP contribution in [0.25, 0.3) is 0 Å². The molecular formula is C22H31BrClNO3. The van der Waals surface area contributed by atoms with Crippen molar-refractivity contribution in [2.24, 2.45) is 0 Å². The Kier molecular flexibility index (Phi) is 12.2. The minimum Gasteiger partial charge on any atom is -0.490 e. The van der Waals surface area contributed by atoms with E-state index >= 15 is 0 Å². The molecule has 156 valence electrons. The molecule has 2 aromatic rings. The molecule has 0 aromatic heterocycles. The third kappa shape index (κ3) is 8.39. The molecule has 0 amide bonds. The molecule has 0 spiro atoms. The number of hydrogen-bond acceptors (Lipinski definition) is 4. The van der Waals surface area contributed by atoms with Crippen molar-refractivity contribution < 1.29 is 14.2 Å². The van der Waals surface area contributed by atoms with E-state index in [2.05, 4.69) is 58.5 Å². The van der Waals surface area contributed by atoms with Gasteiger partial charge in [0.15, 0.2) is 11.5 Å². The second kappa shape index (κ2) is 13.8. The van der Waals surface area contributed by atoms with Crippen molar-refractivity contribution in [1.82, 2.24) is 5.32 Å². The maximum atomic E-state index is 6.06. The Hall–Kier alpha value is -1.27. The summed E-state index contributed by atoms with van der Waals surface area (Å²) in [5.41, 5.74) is 3.53. The lowest BCUT2D eigenvalue weighted by molar-refractivity contribution is 0.144. The van der Waals surface area contributed by atoms with Crippen LogP contribution < -0.4 is 14.8 Å². The van der Waals surface area contributed by atoms with Gasteiger partial charge >= 0.3 is 0 Å². The lowest BCUT2D eigenvalue weighted by Gasteiger charge is -2.16. The van der Waals surface area contributed by atoms with E-state index in [0.29, 0.717) is 13.2 Å². The van der Waals surface area contributed by atoms with Gasteiger partial charge in [0.05, 0.1) is 11.1 Å². The Balaban J connectivity index is 0.00000392. The van der Waals surface area contributed by atoms with E-state index in [9.17, 15) is 0 Å². The predicted molar refractivity (Wildman–Crippen MR) is 121 cm³/mol. The molecule has 0 radical (unpaired) electrons. The van der Waals surface area contributed by atoms with Crippen LogP contribution in [0.15, 0.2) is 40.9 Å². The maximum Gasteiger partial charge on any atom is 0.175 e. The van der Waals surface area contributed by atoms with Crippen molar-refractivity contribution in [3.05, 3.63) is 57.6 Å². The van der Waals surface area contributed by atoms with Crippen LogP contribution in [0, 0.1) is 6.92 Å². The second-order valence-electron chi connectivity index (χ2n) is 6.34. The number of nitrogens with one attached hydrogen (secondary N) is 1. The summed E-state index contributed by atoms with van der Waals surface area (Å²) in [5.74, 6) is 1.52. The number of halogens is 2. The highest BCUT2D eigenvalue weighted by atomic mass is 79.9. The number of hydrogen-bond donors (Lipinski definition) is 1. The van der Waals surface area contributed by atoms with Gasteiger partial charge in [0, 0.05) is 19.8 Å². The zero-order valence-electron chi connectivity index (χ0n) is 16.9. The third-order valence-electron chi connectivity index (χ3n) is 4.05. The van der Waals surface area contributed by atoms with Gasteiger partial charge in [-0.2, -0.15) is 0 Å². The molecule has 2 rings (SSSR count). The zero-order chi connectivity index (χ0) is 19.5. The van der Waals surface area contributed by atoms with Crippen LogP contribution in [-0.4, -0.2) is 26.4 Å². The molecule has 0 fully saturated rings. The molecule has 0 aliphatic heterocycles. The quantitative estimate of drug-likeness (QED) is 0.404. The first-order valence-electron chi connectivity index (χ1n) is 9.56. The average molecular weight is 473 g/mol. The van der Waals surface area contributed by atoms with Gasteiger partial charge in [-0.1, -0.05) is 29.8 Å². The van der Waals surface area contributed by atoms with E-state index in [1.165, 1.54) is 5.56 Å². The summed E-state index contributed by atoms with van der Waals surface area (Å²) in [6.07, 6.45) is 1.01. The van der Waals surface area contributed by atoms with Crippen LogP contribution in [0.5, 0.6) is 11.5 Å². The van der Waals surface area contributed by atoms with Crippen molar-refractivity contribution in [3.8, 4) is 11.5 Å². The molecule has 0 aliphatic rings. The fraction of sp³-hybridized carbons (Fsp3) is 0.455. The minimum absolute atomic E-state index is 0. The molecule has 6 heteroatoms. The topological polar surface area (TPSA) is 39.7 Å². The van der Waals surface area contributed by atoms with Gasteiger partial charge in [-0.25, -0.2) is 0 Å². The molecule has 0 bridgehead atoms. The van der Waals surface area contributed by atoms with E-state index in [1.54, 1.807) is 0 Å². The van der Waals surface area contributed by atoms with Crippen molar-refractivity contribution in [2.75, 3.05) is 26.4 Å². The average Bonchev–Trinajstić information content (AvgIpc) is 2.65. The summed E-state index contributed by atoms with van der Waals surface area (Å²) in [6, 6.07) is 12.5. The fourth-order valence-corrected chi connectivity index (χ4v) is 3.25. The number of benzene rings is 2. The van der Waals surface area contributed by atoms with E-state index in [0.717, 1.165) is 59.8 Å². The molecule has 0 saturated heterocycles. The summed E-state index contributed by atoms with van der Waals surface area (Å²) in [7, 11) is 0. The Morgan fingerprint density at radius 1 is 0.964 bits per heavy atom. The van der Waals surface area contributed by atoms with Gasteiger partial charge in [-0.15, -0.1) is 12.4 Å². The largest absolute Gasteiger partial charge is 0.490 e. The van der Waals surface area contributed by atoms with E-state index in [-0.39, 0.29) is 12.4 Å². The number of rotatable bonds is 12. The van der Waals surface area contributed by atoms with E-state index in [1.807, 2.05) is 19.9 Å². The minimum atomic E-state index is 0. The van der Waals surface area contributed by atoms with Crippen LogP contribution >= 0.6 is 28.3 Å². The zero-order valence-corrected chi connectivity index (χ0v) is 19.3. The Labute approximate surface area is 183 Å². The number of aryl methyl sites for hydroxylation is 1. The molecule has 0 aliphatic carbocycles. The summed E-state index contributed by atoms with van der Waals surface area (Å²) in [6.45, 7) is 10.5. The Morgan fingerprint density at radius 3 is 2.39 bits per heavy atom. The monoisotopic (exact) mass is 471 g/mol. The summed E-state index contributed by atoms with van der Waals surface area (Å²) in [4.78, 5) is 0. The first-order valence-corrected chi connectivity index (χ1v) is 10.3. The second-order valence-corrected chi connectivity index (χ2v) is 7.19. The van der Waals surface area contributed by atoms with Crippen LogP contribution in [-0.2, 0) is 17.9 Å². The van der Waals surface area contributed by atoms with Gasteiger partial charge in [-0.3, -0.25) is 0 Å². The van der Waals surface area contributed by atoms with Crippen LogP contribution in [0.2, 0.25) is 0 Å². The normalized spacial score (nSPS) is 10.4. The highest BCUT2D eigenvalue weighted by Crippen LogP contribution is 2.37.